The van der Waals surface area contributed by atoms with Crippen molar-refractivity contribution in [1.29, 1.82) is 0 Å². The zero-order valence-electron chi connectivity index (χ0n) is 10.6. The van der Waals surface area contributed by atoms with Crippen LogP contribution in [0.15, 0.2) is 4.42 Å². The van der Waals surface area contributed by atoms with E-state index in [1.54, 1.807) is 6.92 Å². The number of nitrogens with one attached hydrogen (secondary N) is 1. The van der Waals surface area contributed by atoms with Gasteiger partial charge in [-0.2, -0.15) is 0 Å². The van der Waals surface area contributed by atoms with Crippen LogP contribution in [0.25, 0.3) is 0 Å². The standard InChI is InChI=1S/C10H19N3O3S/c1-7(2)11-6-5-9-12-13-10(16-9)8(3)17(4,14)15/h7-8,11H,5-6H2,1-4H3. The Morgan fingerprint density at radius 3 is 2.47 bits per heavy atom. The van der Waals surface area contributed by atoms with Crippen molar-refractivity contribution >= 4 is 9.84 Å². The highest BCUT2D eigenvalue weighted by Gasteiger charge is 2.23. The monoisotopic (exact) mass is 261 g/mol. The first-order valence-corrected chi connectivity index (χ1v) is 7.50. The molecule has 1 heterocycles. The highest BCUT2D eigenvalue weighted by Crippen LogP contribution is 2.19. The molecule has 0 spiro atoms. The van der Waals surface area contributed by atoms with Crippen LogP contribution in [0.5, 0.6) is 0 Å². The van der Waals surface area contributed by atoms with E-state index in [2.05, 4.69) is 15.5 Å². The Labute approximate surface area is 102 Å². The summed E-state index contributed by atoms with van der Waals surface area (Å²) in [5.74, 6) is 0.621. The molecular weight excluding hydrogens is 242 g/mol. The maximum Gasteiger partial charge on any atom is 0.234 e. The SMILES string of the molecule is CC(C)NCCc1nnc(C(C)S(C)(=O)=O)o1. The van der Waals surface area contributed by atoms with Gasteiger partial charge in [-0.3, -0.25) is 0 Å². The summed E-state index contributed by atoms with van der Waals surface area (Å²) in [6.07, 6.45) is 1.75. The normalized spacial score (nSPS) is 14.2. The number of nitrogens with zero attached hydrogens (tertiary/aromatic N) is 2. The second-order valence-corrected chi connectivity index (χ2v) is 6.73. The molecule has 0 bridgehead atoms. The van der Waals surface area contributed by atoms with Gasteiger partial charge in [0.1, 0.15) is 5.25 Å². The molecule has 1 N–H and O–H groups in total. The Balaban J connectivity index is 2.60. The molecule has 1 aromatic heterocycles. The predicted molar refractivity (Wildman–Crippen MR) is 64.4 cm³/mol. The summed E-state index contributed by atoms with van der Waals surface area (Å²) in [7, 11) is -3.19. The molecule has 7 heteroatoms. The van der Waals surface area contributed by atoms with E-state index in [1.165, 1.54) is 0 Å². The summed E-state index contributed by atoms with van der Waals surface area (Å²) in [4.78, 5) is 0. The topological polar surface area (TPSA) is 85.1 Å². The van der Waals surface area contributed by atoms with Gasteiger partial charge in [0.05, 0.1) is 0 Å². The minimum atomic E-state index is -3.19. The van der Waals surface area contributed by atoms with Crippen molar-refractivity contribution < 1.29 is 12.8 Å². The lowest BCUT2D eigenvalue weighted by atomic mass is 10.3. The van der Waals surface area contributed by atoms with E-state index < -0.39 is 15.1 Å². The van der Waals surface area contributed by atoms with Gasteiger partial charge in [0.25, 0.3) is 0 Å². The molecule has 0 aromatic carbocycles. The van der Waals surface area contributed by atoms with Gasteiger partial charge in [0.2, 0.25) is 11.8 Å². The maximum atomic E-state index is 11.3. The molecule has 0 aliphatic carbocycles. The van der Waals surface area contributed by atoms with E-state index in [0.717, 1.165) is 12.8 Å². The van der Waals surface area contributed by atoms with Crippen molar-refractivity contribution in [3.8, 4) is 0 Å². The molecular formula is C10H19N3O3S. The minimum absolute atomic E-state index is 0.159. The largest absolute Gasteiger partial charge is 0.424 e. The summed E-state index contributed by atoms with van der Waals surface area (Å²) < 4.78 is 27.9. The number of sulfone groups is 1. The third kappa shape index (κ3) is 4.43. The van der Waals surface area contributed by atoms with Crippen LogP contribution in [-0.2, 0) is 16.3 Å². The molecule has 17 heavy (non-hydrogen) atoms. The lowest BCUT2D eigenvalue weighted by Crippen LogP contribution is -2.25. The minimum Gasteiger partial charge on any atom is -0.424 e. The number of hydrogen-bond acceptors (Lipinski definition) is 6. The van der Waals surface area contributed by atoms with E-state index in [9.17, 15) is 8.42 Å². The van der Waals surface area contributed by atoms with Crippen molar-refractivity contribution in [3.63, 3.8) is 0 Å². The summed E-state index contributed by atoms with van der Waals surface area (Å²) in [6.45, 7) is 6.36. The first kappa shape index (κ1) is 14.1. The van der Waals surface area contributed by atoms with Gasteiger partial charge in [-0.15, -0.1) is 10.2 Å². The van der Waals surface area contributed by atoms with Gasteiger partial charge >= 0.3 is 0 Å². The molecule has 1 unspecified atom stereocenters. The second-order valence-electron chi connectivity index (χ2n) is 4.36. The predicted octanol–water partition coefficient (Wildman–Crippen LogP) is 0.716. The number of rotatable bonds is 6. The van der Waals surface area contributed by atoms with Crippen LogP contribution in [0.2, 0.25) is 0 Å². The van der Waals surface area contributed by atoms with Crippen LogP contribution < -0.4 is 5.32 Å². The molecule has 0 aliphatic rings. The average molecular weight is 261 g/mol. The molecule has 98 valence electrons. The van der Waals surface area contributed by atoms with E-state index >= 15 is 0 Å². The van der Waals surface area contributed by atoms with Crippen molar-refractivity contribution in [2.24, 2.45) is 0 Å². The molecule has 0 saturated heterocycles. The van der Waals surface area contributed by atoms with Crippen LogP contribution in [0.3, 0.4) is 0 Å². The van der Waals surface area contributed by atoms with Crippen molar-refractivity contribution in [1.82, 2.24) is 15.5 Å². The Bertz CT molecular complexity index is 453. The van der Waals surface area contributed by atoms with Crippen molar-refractivity contribution in [2.45, 2.75) is 38.5 Å². The van der Waals surface area contributed by atoms with Crippen LogP contribution in [0.4, 0.5) is 0 Å². The fourth-order valence-corrected chi connectivity index (χ4v) is 1.64. The fourth-order valence-electron chi connectivity index (χ4n) is 1.18. The molecule has 1 atom stereocenters. The quantitative estimate of drug-likeness (QED) is 0.812. The van der Waals surface area contributed by atoms with Crippen molar-refractivity contribution in [2.75, 3.05) is 12.8 Å². The van der Waals surface area contributed by atoms with E-state index in [0.29, 0.717) is 18.4 Å². The third-order valence-corrected chi connectivity index (χ3v) is 3.85. The summed E-state index contributed by atoms with van der Waals surface area (Å²) in [6, 6.07) is 0.396. The molecule has 0 aliphatic heterocycles. The highest BCUT2D eigenvalue weighted by molar-refractivity contribution is 7.90. The molecule has 1 rings (SSSR count). The van der Waals surface area contributed by atoms with Crippen LogP contribution in [-0.4, -0.2) is 37.5 Å². The van der Waals surface area contributed by atoms with Crippen molar-refractivity contribution in [3.05, 3.63) is 11.8 Å². The Morgan fingerprint density at radius 2 is 1.94 bits per heavy atom. The van der Waals surface area contributed by atoms with Crippen LogP contribution in [0.1, 0.15) is 37.8 Å². The fraction of sp³-hybridized carbons (Fsp3) is 0.800. The van der Waals surface area contributed by atoms with Gasteiger partial charge in [-0.25, -0.2) is 8.42 Å². The molecule has 0 radical (unpaired) electrons. The molecule has 0 amide bonds. The van der Waals surface area contributed by atoms with Gasteiger partial charge in [-0.05, 0) is 6.92 Å². The Morgan fingerprint density at radius 1 is 1.29 bits per heavy atom. The van der Waals surface area contributed by atoms with Crippen LogP contribution in [0, 0.1) is 0 Å². The molecule has 6 nitrogen and oxygen atoms in total. The van der Waals surface area contributed by atoms with Gasteiger partial charge < -0.3 is 9.73 Å². The molecule has 0 fully saturated rings. The molecule has 0 saturated carbocycles. The Kier molecular flexibility index (Phi) is 4.64. The first-order chi connectivity index (χ1) is 7.80. The van der Waals surface area contributed by atoms with E-state index in [4.69, 9.17) is 4.42 Å². The Hall–Kier alpha value is -0.950. The zero-order chi connectivity index (χ0) is 13.1. The molecule has 1 aromatic rings. The van der Waals surface area contributed by atoms with Gasteiger partial charge in [0.15, 0.2) is 9.84 Å². The first-order valence-electron chi connectivity index (χ1n) is 5.55. The maximum absolute atomic E-state index is 11.3. The van der Waals surface area contributed by atoms with Gasteiger partial charge in [0, 0.05) is 25.3 Å². The number of hydrogen-bond donors (Lipinski definition) is 1. The zero-order valence-corrected chi connectivity index (χ0v) is 11.4. The van der Waals surface area contributed by atoms with Crippen LogP contribution >= 0.6 is 0 Å². The van der Waals surface area contributed by atoms with E-state index in [1.807, 2.05) is 13.8 Å². The van der Waals surface area contributed by atoms with Gasteiger partial charge in [-0.1, -0.05) is 13.8 Å². The number of aromatic nitrogens is 2. The average Bonchev–Trinajstić information content (AvgIpc) is 2.63. The lowest BCUT2D eigenvalue weighted by Gasteiger charge is -2.05. The lowest BCUT2D eigenvalue weighted by molar-refractivity contribution is 0.436. The summed E-state index contributed by atoms with van der Waals surface area (Å²) in [5.41, 5.74) is 0. The summed E-state index contributed by atoms with van der Waals surface area (Å²) in [5, 5.41) is 10.1. The summed E-state index contributed by atoms with van der Waals surface area (Å²) >= 11 is 0. The highest BCUT2D eigenvalue weighted by atomic mass is 32.2. The second kappa shape index (κ2) is 5.59. The smallest absolute Gasteiger partial charge is 0.234 e. The third-order valence-electron chi connectivity index (χ3n) is 2.36. The van der Waals surface area contributed by atoms with E-state index in [-0.39, 0.29) is 5.89 Å².